The van der Waals surface area contributed by atoms with Crippen LogP contribution < -0.4 is 5.32 Å². The maximum atomic E-state index is 12.6. The standard InChI is InChI=1S/C14H18ClN3O3/c1-2-17(12-4-3-5-16-9-12)14(19)10-6-11(15)8-13(7-10)18(20)21/h6-8,12,16H,2-5,9H2,1H3. The van der Waals surface area contributed by atoms with Crippen LogP contribution >= 0.6 is 11.6 Å². The number of hydrogen-bond donors (Lipinski definition) is 1. The van der Waals surface area contributed by atoms with Gasteiger partial charge in [-0.25, -0.2) is 0 Å². The fourth-order valence-corrected chi connectivity index (χ4v) is 2.87. The van der Waals surface area contributed by atoms with Gasteiger partial charge in [-0.15, -0.1) is 0 Å². The Morgan fingerprint density at radius 3 is 2.86 bits per heavy atom. The Labute approximate surface area is 128 Å². The van der Waals surface area contributed by atoms with Gasteiger partial charge in [0.05, 0.1) is 4.92 Å². The van der Waals surface area contributed by atoms with Crippen molar-refractivity contribution in [2.75, 3.05) is 19.6 Å². The molecule has 6 nitrogen and oxygen atoms in total. The molecule has 0 aromatic heterocycles. The number of rotatable bonds is 4. The molecule has 1 saturated heterocycles. The first-order valence-corrected chi connectivity index (χ1v) is 7.37. The summed E-state index contributed by atoms with van der Waals surface area (Å²) in [6.45, 7) is 4.18. The summed E-state index contributed by atoms with van der Waals surface area (Å²) in [5.74, 6) is -0.211. The van der Waals surface area contributed by atoms with E-state index in [0.717, 1.165) is 25.9 Å². The molecule has 1 N–H and O–H groups in total. The lowest BCUT2D eigenvalue weighted by atomic mass is 10.0. The van der Waals surface area contributed by atoms with Crippen LogP contribution in [0, 0.1) is 10.1 Å². The number of amides is 1. The zero-order valence-corrected chi connectivity index (χ0v) is 12.6. The number of non-ortho nitro benzene ring substituents is 1. The SMILES string of the molecule is CCN(C(=O)c1cc(Cl)cc([N+](=O)[O-])c1)C1CCCNC1. The topological polar surface area (TPSA) is 75.5 Å². The monoisotopic (exact) mass is 311 g/mol. The molecule has 114 valence electrons. The van der Waals surface area contributed by atoms with Gasteiger partial charge in [-0.1, -0.05) is 11.6 Å². The van der Waals surface area contributed by atoms with Gasteiger partial charge in [0.1, 0.15) is 0 Å². The van der Waals surface area contributed by atoms with Gasteiger partial charge < -0.3 is 10.2 Å². The average molecular weight is 312 g/mol. The fourth-order valence-electron chi connectivity index (χ4n) is 2.64. The van der Waals surface area contributed by atoms with Gasteiger partial charge in [0.25, 0.3) is 11.6 Å². The van der Waals surface area contributed by atoms with Crippen molar-refractivity contribution < 1.29 is 9.72 Å². The summed E-state index contributed by atoms with van der Waals surface area (Å²) in [5, 5.41) is 14.3. The van der Waals surface area contributed by atoms with Crippen molar-refractivity contribution in [1.29, 1.82) is 0 Å². The summed E-state index contributed by atoms with van der Waals surface area (Å²) in [6, 6.07) is 4.13. The lowest BCUT2D eigenvalue weighted by molar-refractivity contribution is -0.384. The maximum absolute atomic E-state index is 12.6. The number of hydrogen-bond acceptors (Lipinski definition) is 4. The molecule has 1 fully saturated rings. The highest BCUT2D eigenvalue weighted by Crippen LogP contribution is 2.23. The quantitative estimate of drug-likeness (QED) is 0.684. The summed E-state index contributed by atoms with van der Waals surface area (Å²) >= 11 is 5.88. The number of halogens is 1. The van der Waals surface area contributed by atoms with Crippen molar-refractivity contribution in [2.24, 2.45) is 0 Å². The van der Waals surface area contributed by atoms with Crippen molar-refractivity contribution in [3.63, 3.8) is 0 Å². The van der Waals surface area contributed by atoms with E-state index in [0.29, 0.717) is 6.54 Å². The highest BCUT2D eigenvalue weighted by atomic mass is 35.5. The molecule has 1 atom stereocenters. The molecule has 0 radical (unpaired) electrons. The van der Waals surface area contributed by atoms with Crippen molar-refractivity contribution in [1.82, 2.24) is 10.2 Å². The van der Waals surface area contributed by atoms with Crippen molar-refractivity contribution >= 4 is 23.2 Å². The Morgan fingerprint density at radius 2 is 2.29 bits per heavy atom. The lowest BCUT2D eigenvalue weighted by Gasteiger charge is -2.34. The molecular formula is C14H18ClN3O3. The number of benzene rings is 1. The van der Waals surface area contributed by atoms with Crippen LogP contribution in [0.25, 0.3) is 0 Å². The van der Waals surface area contributed by atoms with E-state index < -0.39 is 4.92 Å². The Balaban J connectivity index is 2.26. The van der Waals surface area contributed by atoms with Gasteiger partial charge in [0.15, 0.2) is 0 Å². The van der Waals surface area contributed by atoms with Crippen molar-refractivity contribution in [2.45, 2.75) is 25.8 Å². The first-order valence-electron chi connectivity index (χ1n) is 6.99. The van der Waals surface area contributed by atoms with Crippen LogP contribution in [-0.4, -0.2) is 41.4 Å². The molecule has 21 heavy (non-hydrogen) atoms. The maximum Gasteiger partial charge on any atom is 0.271 e. The van der Waals surface area contributed by atoms with Crippen LogP contribution in [0.3, 0.4) is 0 Å². The van der Waals surface area contributed by atoms with Crippen LogP contribution in [0.2, 0.25) is 5.02 Å². The van der Waals surface area contributed by atoms with Crippen LogP contribution in [0.1, 0.15) is 30.1 Å². The molecular weight excluding hydrogens is 294 g/mol. The third-order valence-corrected chi connectivity index (χ3v) is 3.87. The Kier molecular flexibility index (Phi) is 5.14. The summed E-state index contributed by atoms with van der Waals surface area (Å²) in [5.41, 5.74) is 0.102. The first-order chi connectivity index (χ1) is 10.0. The van der Waals surface area contributed by atoms with E-state index in [1.54, 1.807) is 4.90 Å². The molecule has 1 aliphatic rings. The fraction of sp³-hybridized carbons (Fsp3) is 0.500. The Morgan fingerprint density at radius 1 is 1.52 bits per heavy atom. The molecule has 1 amide bonds. The van der Waals surface area contributed by atoms with E-state index in [9.17, 15) is 14.9 Å². The molecule has 1 aliphatic heterocycles. The Bertz CT molecular complexity index is 544. The van der Waals surface area contributed by atoms with Crippen LogP contribution in [-0.2, 0) is 0 Å². The van der Waals surface area contributed by atoms with E-state index in [1.165, 1.54) is 18.2 Å². The van der Waals surface area contributed by atoms with Gasteiger partial charge in [-0.3, -0.25) is 14.9 Å². The van der Waals surface area contributed by atoms with E-state index in [4.69, 9.17) is 11.6 Å². The third-order valence-electron chi connectivity index (χ3n) is 3.65. The van der Waals surface area contributed by atoms with Gasteiger partial charge in [0.2, 0.25) is 0 Å². The molecule has 0 aliphatic carbocycles. The molecule has 1 heterocycles. The highest BCUT2D eigenvalue weighted by Gasteiger charge is 2.26. The zero-order chi connectivity index (χ0) is 15.4. The number of nitrogens with zero attached hydrogens (tertiary/aromatic N) is 2. The smallest absolute Gasteiger partial charge is 0.271 e. The largest absolute Gasteiger partial charge is 0.335 e. The van der Waals surface area contributed by atoms with E-state index in [-0.39, 0.29) is 28.2 Å². The zero-order valence-electron chi connectivity index (χ0n) is 11.8. The highest BCUT2D eigenvalue weighted by molar-refractivity contribution is 6.31. The minimum absolute atomic E-state index is 0.120. The minimum atomic E-state index is -0.541. The Hall–Kier alpha value is -1.66. The number of nitrogens with one attached hydrogen (secondary N) is 1. The normalized spacial score (nSPS) is 18.3. The second-order valence-electron chi connectivity index (χ2n) is 5.05. The molecule has 0 bridgehead atoms. The third kappa shape index (κ3) is 3.71. The molecule has 7 heteroatoms. The molecule has 0 saturated carbocycles. The number of piperidine rings is 1. The average Bonchev–Trinajstić information content (AvgIpc) is 2.48. The number of carbonyl (C=O) groups excluding carboxylic acids is 1. The van der Waals surface area contributed by atoms with Gasteiger partial charge in [-0.2, -0.15) is 0 Å². The molecule has 1 unspecified atom stereocenters. The van der Waals surface area contributed by atoms with Crippen LogP contribution in [0.4, 0.5) is 5.69 Å². The molecule has 2 rings (SSSR count). The summed E-state index contributed by atoms with van der Waals surface area (Å²) < 4.78 is 0. The van der Waals surface area contributed by atoms with E-state index in [2.05, 4.69) is 5.32 Å². The minimum Gasteiger partial charge on any atom is -0.335 e. The van der Waals surface area contributed by atoms with Gasteiger partial charge in [-0.05, 0) is 32.4 Å². The first kappa shape index (κ1) is 15.7. The van der Waals surface area contributed by atoms with Gasteiger partial charge >= 0.3 is 0 Å². The molecule has 1 aromatic carbocycles. The molecule has 0 spiro atoms. The lowest BCUT2D eigenvalue weighted by Crippen LogP contribution is -2.48. The van der Waals surface area contributed by atoms with E-state index in [1.807, 2.05) is 6.92 Å². The molecule has 1 aromatic rings. The van der Waals surface area contributed by atoms with E-state index >= 15 is 0 Å². The number of likely N-dealkylation sites (N-methyl/N-ethyl adjacent to an activating group) is 1. The van der Waals surface area contributed by atoms with Crippen LogP contribution in [0.5, 0.6) is 0 Å². The van der Waals surface area contributed by atoms with Gasteiger partial charge in [0, 0.05) is 41.9 Å². The van der Waals surface area contributed by atoms with Crippen molar-refractivity contribution in [3.05, 3.63) is 38.9 Å². The van der Waals surface area contributed by atoms with Crippen LogP contribution in [0.15, 0.2) is 18.2 Å². The number of carbonyl (C=O) groups is 1. The second kappa shape index (κ2) is 6.87. The predicted molar refractivity (Wildman–Crippen MR) is 80.7 cm³/mol. The van der Waals surface area contributed by atoms with Crippen molar-refractivity contribution in [3.8, 4) is 0 Å². The second-order valence-corrected chi connectivity index (χ2v) is 5.48. The summed E-state index contributed by atoms with van der Waals surface area (Å²) in [7, 11) is 0. The number of nitro groups is 1. The predicted octanol–water partition coefficient (Wildman–Crippen LogP) is 2.46. The summed E-state index contributed by atoms with van der Waals surface area (Å²) in [6.07, 6.45) is 1.96. The summed E-state index contributed by atoms with van der Waals surface area (Å²) in [4.78, 5) is 24.7. The number of nitro benzene ring substituents is 1.